The van der Waals surface area contributed by atoms with Gasteiger partial charge >= 0.3 is 0 Å². The number of hydrogen-bond donors (Lipinski definition) is 1. The highest BCUT2D eigenvalue weighted by Gasteiger charge is 2.22. The third kappa shape index (κ3) is 4.09. The van der Waals surface area contributed by atoms with Gasteiger partial charge in [-0.2, -0.15) is 0 Å². The molecule has 3 rings (SSSR count). The number of aromatic nitrogens is 1. The molecule has 0 aliphatic carbocycles. The molecule has 1 fully saturated rings. The summed E-state index contributed by atoms with van der Waals surface area (Å²) in [4.78, 5) is 7.08. The number of halogens is 1. The zero-order valence-corrected chi connectivity index (χ0v) is 14.0. The van der Waals surface area contributed by atoms with Crippen LogP contribution in [-0.4, -0.2) is 36.6 Å². The second-order valence-electron chi connectivity index (χ2n) is 5.96. The molecule has 4 nitrogen and oxygen atoms in total. The van der Waals surface area contributed by atoms with Gasteiger partial charge in [0.15, 0.2) is 0 Å². The summed E-state index contributed by atoms with van der Waals surface area (Å²) < 4.78 is 5.63. The first-order valence-electron chi connectivity index (χ1n) is 7.63. The van der Waals surface area contributed by atoms with E-state index in [1.807, 2.05) is 7.05 Å². The number of benzene rings is 1. The molecule has 1 aromatic carbocycles. The second-order valence-corrected chi connectivity index (χ2v) is 5.96. The summed E-state index contributed by atoms with van der Waals surface area (Å²) in [5.74, 6) is 1.48. The first kappa shape index (κ1) is 17.0. The van der Waals surface area contributed by atoms with Crippen molar-refractivity contribution in [1.29, 1.82) is 0 Å². The number of nitrogens with one attached hydrogen (secondary N) is 1. The maximum Gasteiger partial charge on any atom is 0.226 e. The molecule has 1 atom stereocenters. The van der Waals surface area contributed by atoms with E-state index in [9.17, 15) is 0 Å². The number of rotatable bonds is 5. The molecule has 0 amide bonds. The lowest BCUT2D eigenvalue weighted by molar-refractivity contribution is 0.311. The van der Waals surface area contributed by atoms with Crippen molar-refractivity contribution in [2.45, 2.75) is 19.9 Å². The summed E-state index contributed by atoms with van der Waals surface area (Å²) in [6.07, 6.45) is 3.06. The van der Waals surface area contributed by atoms with E-state index in [2.05, 4.69) is 46.4 Å². The van der Waals surface area contributed by atoms with E-state index >= 15 is 0 Å². The largest absolute Gasteiger partial charge is 0.444 e. The van der Waals surface area contributed by atoms with Crippen LogP contribution in [-0.2, 0) is 6.54 Å². The lowest BCUT2D eigenvalue weighted by Gasteiger charge is -2.13. The summed E-state index contributed by atoms with van der Waals surface area (Å²) in [6, 6.07) is 8.29. The van der Waals surface area contributed by atoms with Crippen molar-refractivity contribution < 1.29 is 4.42 Å². The Balaban J connectivity index is 0.00000176. The van der Waals surface area contributed by atoms with Gasteiger partial charge in [-0.3, -0.25) is 4.90 Å². The Morgan fingerprint density at radius 3 is 2.82 bits per heavy atom. The lowest BCUT2D eigenvalue weighted by Crippen LogP contribution is -2.24. The van der Waals surface area contributed by atoms with Crippen LogP contribution >= 0.6 is 12.4 Å². The van der Waals surface area contributed by atoms with Crippen LogP contribution in [0.25, 0.3) is 11.5 Å². The number of likely N-dealkylation sites (tertiary alicyclic amines) is 1. The molecular weight excluding hydrogens is 298 g/mol. The van der Waals surface area contributed by atoms with Crippen LogP contribution in [0.2, 0.25) is 0 Å². The molecule has 120 valence electrons. The van der Waals surface area contributed by atoms with Gasteiger partial charge in [0.25, 0.3) is 0 Å². The van der Waals surface area contributed by atoms with Gasteiger partial charge in [-0.25, -0.2) is 4.98 Å². The van der Waals surface area contributed by atoms with E-state index in [0.29, 0.717) is 0 Å². The summed E-state index contributed by atoms with van der Waals surface area (Å²) in [7, 11) is 2.02. The zero-order chi connectivity index (χ0) is 14.7. The van der Waals surface area contributed by atoms with Crippen molar-refractivity contribution in [3.05, 3.63) is 41.8 Å². The van der Waals surface area contributed by atoms with Gasteiger partial charge in [-0.1, -0.05) is 17.7 Å². The van der Waals surface area contributed by atoms with Gasteiger partial charge in [0.2, 0.25) is 5.89 Å². The molecule has 1 aliphatic heterocycles. The minimum absolute atomic E-state index is 0. The second kappa shape index (κ2) is 7.77. The molecule has 2 heterocycles. The number of hydrogen-bond acceptors (Lipinski definition) is 4. The average molecular weight is 322 g/mol. The van der Waals surface area contributed by atoms with Gasteiger partial charge in [-0.15, -0.1) is 12.4 Å². The molecule has 22 heavy (non-hydrogen) atoms. The Bertz CT molecular complexity index is 582. The van der Waals surface area contributed by atoms with Crippen LogP contribution in [0.5, 0.6) is 0 Å². The van der Waals surface area contributed by atoms with Gasteiger partial charge in [0.05, 0.1) is 5.69 Å². The minimum Gasteiger partial charge on any atom is -0.444 e. The van der Waals surface area contributed by atoms with Crippen LogP contribution in [0.15, 0.2) is 34.9 Å². The van der Waals surface area contributed by atoms with E-state index < -0.39 is 0 Å². The van der Waals surface area contributed by atoms with Crippen LogP contribution in [0.4, 0.5) is 0 Å². The van der Waals surface area contributed by atoms with Crippen molar-refractivity contribution in [2.75, 3.05) is 26.7 Å². The number of nitrogens with zero attached hydrogens (tertiary/aromatic N) is 2. The quantitative estimate of drug-likeness (QED) is 0.918. The van der Waals surface area contributed by atoms with Gasteiger partial charge in [-0.05, 0) is 51.5 Å². The highest BCUT2D eigenvalue weighted by molar-refractivity contribution is 5.85. The molecule has 1 aromatic heterocycles. The van der Waals surface area contributed by atoms with Crippen LogP contribution in [0.1, 0.15) is 17.7 Å². The molecule has 0 saturated carbocycles. The maximum atomic E-state index is 5.63. The Labute approximate surface area is 138 Å². The smallest absolute Gasteiger partial charge is 0.226 e. The zero-order valence-electron chi connectivity index (χ0n) is 13.2. The molecule has 1 N–H and O–H groups in total. The lowest BCUT2D eigenvalue weighted by atomic mass is 10.1. The summed E-state index contributed by atoms with van der Waals surface area (Å²) in [6.45, 7) is 6.37. The van der Waals surface area contributed by atoms with E-state index in [1.165, 1.54) is 12.0 Å². The first-order valence-corrected chi connectivity index (χ1v) is 7.63. The van der Waals surface area contributed by atoms with Crippen molar-refractivity contribution in [2.24, 2.45) is 5.92 Å². The topological polar surface area (TPSA) is 41.3 Å². The normalized spacial score (nSPS) is 18.4. The molecule has 5 heteroatoms. The predicted octanol–water partition coefficient (Wildman–Crippen LogP) is 3.11. The Morgan fingerprint density at radius 2 is 2.09 bits per heavy atom. The third-order valence-electron chi connectivity index (χ3n) is 4.10. The fourth-order valence-corrected chi connectivity index (χ4v) is 2.95. The SMILES string of the molecule is CNCC1CCN(Cc2coc(-c3ccc(C)cc3)n2)C1.Cl. The highest BCUT2D eigenvalue weighted by atomic mass is 35.5. The summed E-state index contributed by atoms with van der Waals surface area (Å²) in [5.41, 5.74) is 3.31. The molecule has 2 aromatic rings. The standard InChI is InChI=1S/C17H23N3O.ClH/c1-13-3-5-15(6-4-13)17-19-16(12-21-17)11-20-8-7-14(10-20)9-18-2;/h3-6,12,14,18H,7-11H2,1-2H3;1H. The predicted molar refractivity (Wildman–Crippen MR) is 91.2 cm³/mol. The monoisotopic (exact) mass is 321 g/mol. The van der Waals surface area contributed by atoms with Crippen molar-refractivity contribution >= 4 is 12.4 Å². The molecule has 0 radical (unpaired) electrons. The summed E-state index contributed by atoms with van der Waals surface area (Å²) >= 11 is 0. The van der Waals surface area contributed by atoms with E-state index in [0.717, 1.165) is 49.2 Å². The number of oxazole rings is 1. The van der Waals surface area contributed by atoms with Crippen LogP contribution in [0.3, 0.4) is 0 Å². The van der Waals surface area contributed by atoms with Crippen molar-refractivity contribution in [3.63, 3.8) is 0 Å². The van der Waals surface area contributed by atoms with Crippen LogP contribution in [0, 0.1) is 12.8 Å². The average Bonchev–Trinajstić information content (AvgIpc) is 3.11. The van der Waals surface area contributed by atoms with Crippen molar-refractivity contribution in [3.8, 4) is 11.5 Å². The van der Waals surface area contributed by atoms with E-state index in [-0.39, 0.29) is 12.4 Å². The highest BCUT2D eigenvalue weighted by Crippen LogP contribution is 2.22. The Morgan fingerprint density at radius 1 is 1.32 bits per heavy atom. The molecule has 1 aliphatic rings. The minimum atomic E-state index is 0. The van der Waals surface area contributed by atoms with E-state index in [1.54, 1.807) is 6.26 Å². The van der Waals surface area contributed by atoms with Gasteiger partial charge < -0.3 is 9.73 Å². The van der Waals surface area contributed by atoms with E-state index in [4.69, 9.17) is 4.42 Å². The number of aryl methyl sites for hydroxylation is 1. The summed E-state index contributed by atoms with van der Waals surface area (Å²) in [5, 5.41) is 3.26. The molecule has 1 saturated heterocycles. The third-order valence-corrected chi connectivity index (χ3v) is 4.10. The van der Waals surface area contributed by atoms with Crippen molar-refractivity contribution in [1.82, 2.24) is 15.2 Å². The van der Waals surface area contributed by atoms with Gasteiger partial charge in [0, 0.05) is 18.7 Å². The molecule has 1 unspecified atom stereocenters. The maximum absolute atomic E-state index is 5.63. The molecular formula is C17H24ClN3O. The fourth-order valence-electron chi connectivity index (χ4n) is 2.95. The Kier molecular flexibility index (Phi) is 6.00. The van der Waals surface area contributed by atoms with Gasteiger partial charge in [0.1, 0.15) is 6.26 Å². The molecule has 0 spiro atoms. The Hall–Kier alpha value is -1.36. The molecule has 0 bridgehead atoms. The van der Waals surface area contributed by atoms with Crippen LogP contribution < -0.4 is 5.32 Å². The fraction of sp³-hybridized carbons (Fsp3) is 0.471. The first-order chi connectivity index (χ1) is 10.2.